The number of hydrogen-bond donors (Lipinski definition) is 4. The number of fused-ring (bicyclic) bond motifs is 3. The fraction of sp³-hybridized carbons (Fsp3) is 0.530. The molecule has 6 fully saturated rings. The molecule has 13 rings (SSSR count). The number of ether oxygens (including phenoxy) is 4. The van der Waals surface area contributed by atoms with Crippen molar-refractivity contribution in [1.29, 1.82) is 0 Å². The maximum absolute atomic E-state index is 14.9. The molecule has 21 nitrogen and oxygen atoms in total. The van der Waals surface area contributed by atoms with Gasteiger partial charge in [-0.15, -0.1) is 0 Å². The minimum absolute atomic E-state index is 0.109. The number of piperidine rings is 1. The summed E-state index contributed by atoms with van der Waals surface area (Å²) in [5, 5.41) is 27.0. The number of hydrogen-bond acceptors (Lipinski definition) is 18. The predicted molar refractivity (Wildman–Crippen MR) is 338 cm³/mol. The normalized spacial score (nSPS) is 25.1. The van der Waals surface area contributed by atoms with Crippen LogP contribution in [0, 0.1) is 21.4 Å². The van der Waals surface area contributed by atoms with E-state index in [-0.39, 0.29) is 34.7 Å². The molecule has 0 bridgehead atoms. The molecule has 88 heavy (non-hydrogen) atoms. The number of methoxy groups -OCH3 is 1. The summed E-state index contributed by atoms with van der Waals surface area (Å²) in [4.78, 5) is 51.6. The number of piperazine rings is 1. The molecule has 4 atom stereocenters. The molecule has 1 spiro atoms. The summed E-state index contributed by atoms with van der Waals surface area (Å²) < 4.78 is 55.1. The Morgan fingerprint density at radius 1 is 0.898 bits per heavy atom. The number of rotatable bonds is 16. The molecule has 2 saturated carbocycles. The first-order valence-corrected chi connectivity index (χ1v) is 33.1. The number of aromatic amines is 1. The number of morpholine rings is 1. The van der Waals surface area contributed by atoms with Gasteiger partial charge in [0.15, 0.2) is 11.6 Å². The van der Waals surface area contributed by atoms with E-state index < -0.39 is 43.1 Å². The van der Waals surface area contributed by atoms with Gasteiger partial charge in [0.05, 0.1) is 59.6 Å². The van der Waals surface area contributed by atoms with Gasteiger partial charge >= 0.3 is 0 Å². The second kappa shape index (κ2) is 24.7. The van der Waals surface area contributed by atoms with Crippen molar-refractivity contribution in [2.45, 2.75) is 132 Å². The zero-order valence-corrected chi connectivity index (χ0v) is 51.8. The van der Waals surface area contributed by atoms with Crippen molar-refractivity contribution >= 4 is 61.2 Å². The number of H-pyrrole nitrogens is 1. The fourth-order valence-corrected chi connectivity index (χ4v) is 16.2. The molecule has 1 amide bonds. The zero-order chi connectivity index (χ0) is 60.9. The van der Waals surface area contributed by atoms with Gasteiger partial charge < -0.3 is 49.1 Å². The zero-order valence-electron chi connectivity index (χ0n) is 51.0. The van der Waals surface area contributed by atoms with Gasteiger partial charge in [-0.3, -0.25) is 24.7 Å². The lowest BCUT2D eigenvalue weighted by molar-refractivity contribution is -0.384. The van der Waals surface area contributed by atoms with Crippen LogP contribution in [0.4, 0.5) is 34.3 Å². The molecule has 0 unspecified atom stereocenters. The third kappa shape index (κ3) is 12.2. The van der Waals surface area contributed by atoms with Gasteiger partial charge in [0.25, 0.3) is 21.6 Å². The Hall–Kier alpha value is -7.08. The van der Waals surface area contributed by atoms with Crippen LogP contribution in [-0.4, -0.2) is 159 Å². The van der Waals surface area contributed by atoms with Crippen molar-refractivity contribution < 1.29 is 42.2 Å². The van der Waals surface area contributed by atoms with Gasteiger partial charge in [0.1, 0.15) is 23.1 Å². The van der Waals surface area contributed by atoms with E-state index in [0.29, 0.717) is 87.1 Å². The standard InChI is InChI=1S/C66H83N11O10S/c1-43(2)50-7-5-6-8-51(50)58-41-72(40-45-33-59(84-4)62(69-39-45)74-28-31-85-32-29-74)26-27-75(58)48-15-20-66(37-48)21-24-73(25-22-66)47-9-11-52(55(35-47)76-54-17-30-86-42-60(54)87-64-57(76)34-46-16-23-67-61(46)70-64)63(78)71-88(82,83)49-10-12-53(56(36-49)77(80)81)68-38-44-13-18-65(3,79)19-14-44/h5-12,16,23,33-36,39,43-44,48,54,58,60,68,79H,13-15,17-22,24-32,37-38,40-42H2,1-4H3,(H,67,70)(H,71,78)/t44-,48-,54-,58-,60-,65-/m0/s1. The van der Waals surface area contributed by atoms with Crippen LogP contribution in [0.5, 0.6) is 11.6 Å². The number of sulfonamides is 1. The van der Waals surface area contributed by atoms with Crippen LogP contribution in [0.1, 0.15) is 124 Å². The monoisotopic (exact) mass is 1220 g/mol. The molecule has 22 heteroatoms. The molecule has 8 heterocycles. The maximum atomic E-state index is 14.9. The number of nitrogens with zero attached hydrogens (tertiary/aromatic N) is 8. The lowest BCUT2D eigenvalue weighted by Gasteiger charge is -2.47. The summed E-state index contributed by atoms with van der Waals surface area (Å²) in [5.41, 5.74) is 5.94. The number of pyridine rings is 2. The second-order valence-corrected chi connectivity index (χ2v) is 27.9. The lowest BCUT2D eigenvalue weighted by atomic mass is 9.76. The van der Waals surface area contributed by atoms with E-state index in [1.54, 1.807) is 13.2 Å². The van der Waals surface area contributed by atoms with E-state index in [1.807, 2.05) is 43.6 Å². The molecule has 2 aliphatic carbocycles. The molecule has 5 aliphatic heterocycles. The van der Waals surface area contributed by atoms with Crippen LogP contribution in [-0.2, 0) is 26.0 Å². The fourth-order valence-electron chi connectivity index (χ4n) is 15.2. The largest absolute Gasteiger partial charge is 0.493 e. The number of carbonyl (C=O) groups excluding carboxylic acids is 1. The highest BCUT2D eigenvalue weighted by Gasteiger charge is 2.47. The number of nitrogens with one attached hydrogen (secondary N) is 3. The average Bonchev–Trinajstić information content (AvgIpc) is 1.19. The van der Waals surface area contributed by atoms with E-state index in [9.17, 15) is 28.4 Å². The van der Waals surface area contributed by atoms with Crippen molar-refractivity contribution in [1.82, 2.24) is 29.5 Å². The minimum Gasteiger partial charge on any atom is -0.493 e. The second-order valence-electron chi connectivity index (χ2n) is 26.2. The first-order chi connectivity index (χ1) is 42.5. The highest BCUT2D eigenvalue weighted by atomic mass is 32.2. The number of aromatic nitrogens is 3. The first-order valence-electron chi connectivity index (χ1n) is 31.7. The number of nitro groups is 1. The Labute approximate surface area is 515 Å². The summed E-state index contributed by atoms with van der Waals surface area (Å²) in [7, 11) is -2.92. The smallest absolute Gasteiger partial charge is 0.293 e. The van der Waals surface area contributed by atoms with Crippen LogP contribution < -0.4 is 34.2 Å². The molecule has 6 aromatic rings. The maximum Gasteiger partial charge on any atom is 0.293 e. The molecular weight excluding hydrogens is 1140 g/mol. The number of aliphatic hydroxyl groups is 1. The number of carbonyl (C=O) groups is 1. The predicted octanol–water partition coefficient (Wildman–Crippen LogP) is 9.69. The Morgan fingerprint density at radius 3 is 2.49 bits per heavy atom. The molecule has 4 N–H and O–H groups in total. The molecule has 4 saturated heterocycles. The van der Waals surface area contributed by atoms with Crippen LogP contribution in [0.3, 0.4) is 0 Å². The van der Waals surface area contributed by atoms with Crippen molar-refractivity contribution in [3.05, 3.63) is 124 Å². The van der Waals surface area contributed by atoms with Gasteiger partial charge in [-0.1, -0.05) is 38.1 Å². The number of anilines is 5. The van der Waals surface area contributed by atoms with Gasteiger partial charge in [-0.2, -0.15) is 4.98 Å². The third-order valence-electron chi connectivity index (χ3n) is 20.2. The summed E-state index contributed by atoms with van der Waals surface area (Å²) in [5.74, 6) is 1.72. The molecule has 0 radical (unpaired) electrons. The van der Waals surface area contributed by atoms with Gasteiger partial charge in [0.2, 0.25) is 5.88 Å². The molecule has 7 aliphatic rings. The summed E-state index contributed by atoms with van der Waals surface area (Å²) in [6.45, 7) is 15.8. The SMILES string of the molecule is COc1cc(CN2CCN([C@H]3CCC4(CCN(c5ccc(C(=O)NS(=O)(=O)c6ccc(NC[C@H]7CC[C@](C)(O)CC7)c([N+](=O)[O-])c6)c(N6c7cc8cc[nH]c8nc7O[C@H]7COCC[C@@H]76)c5)CC4)C3)[C@H](c3ccccc3C(C)C)C2)cnc1N1CCOCC1. The van der Waals surface area contributed by atoms with Crippen LogP contribution in [0.2, 0.25) is 0 Å². The highest BCUT2D eigenvalue weighted by molar-refractivity contribution is 7.90. The number of amides is 1. The average molecular weight is 1220 g/mol. The summed E-state index contributed by atoms with van der Waals surface area (Å²) in [6, 6.07) is 24.8. The first kappa shape index (κ1) is 59.9. The van der Waals surface area contributed by atoms with Gasteiger partial charge in [-0.05, 0) is 154 Å². The Balaban J connectivity index is 0.752. The van der Waals surface area contributed by atoms with Crippen molar-refractivity contribution in [3.8, 4) is 11.6 Å². The van der Waals surface area contributed by atoms with E-state index in [4.69, 9.17) is 28.9 Å². The van der Waals surface area contributed by atoms with Crippen molar-refractivity contribution in [2.24, 2.45) is 11.3 Å². The van der Waals surface area contributed by atoms with E-state index >= 15 is 0 Å². The Bertz CT molecular complexity index is 3650. The van der Waals surface area contributed by atoms with Gasteiger partial charge in [-0.25, -0.2) is 18.1 Å². The highest BCUT2D eigenvalue weighted by Crippen LogP contribution is 2.52. The third-order valence-corrected chi connectivity index (χ3v) is 21.5. The number of benzene rings is 3. The van der Waals surface area contributed by atoms with Gasteiger partial charge in [0, 0.05) is 107 Å². The van der Waals surface area contributed by atoms with Crippen molar-refractivity contribution in [3.63, 3.8) is 0 Å². The number of nitro benzene ring substituents is 1. The molecule has 3 aromatic carbocycles. The minimum atomic E-state index is -4.65. The van der Waals surface area contributed by atoms with E-state index in [1.165, 1.54) is 23.3 Å². The molecule has 468 valence electrons. The van der Waals surface area contributed by atoms with E-state index in [2.05, 4.69) is 83.7 Å². The Kier molecular flexibility index (Phi) is 16.8. The quantitative estimate of drug-likeness (QED) is 0.0521. The van der Waals surface area contributed by atoms with Crippen LogP contribution >= 0.6 is 0 Å². The summed E-state index contributed by atoms with van der Waals surface area (Å²) in [6.07, 6.45) is 12.1. The van der Waals surface area contributed by atoms with E-state index in [0.717, 1.165) is 132 Å². The van der Waals surface area contributed by atoms with Crippen molar-refractivity contribution in [2.75, 3.05) is 106 Å². The van der Waals surface area contributed by atoms with Crippen LogP contribution in [0.25, 0.3) is 11.0 Å². The lowest BCUT2D eigenvalue weighted by Crippen LogP contribution is -2.53. The Morgan fingerprint density at radius 2 is 1.70 bits per heavy atom. The molecular formula is C66H83N11O10S. The topological polar surface area (TPSA) is 233 Å². The van der Waals surface area contributed by atoms with Crippen LogP contribution in [0.15, 0.2) is 96.2 Å². The molecule has 3 aromatic heterocycles. The summed E-state index contributed by atoms with van der Waals surface area (Å²) >= 11 is 0.